The second-order valence-corrected chi connectivity index (χ2v) is 2.93. The van der Waals surface area contributed by atoms with Gasteiger partial charge in [0.15, 0.2) is 5.02 Å². The van der Waals surface area contributed by atoms with Crippen LogP contribution in [0.1, 0.15) is 19.8 Å². The van der Waals surface area contributed by atoms with Gasteiger partial charge in [0.25, 0.3) is 5.56 Å². The predicted molar refractivity (Wildman–Crippen MR) is 50.3 cm³/mol. The molecule has 0 aliphatic carbocycles. The topological polar surface area (TPSA) is 55.0 Å². The van der Waals surface area contributed by atoms with Gasteiger partial charge in [-0.25, -0.2) is 4.98 Å². The zero-order chi connectivity index (χ0) is 9.68. The normalized spacial score (nSPS) is 10.0. The molecule has 0 aliphatic rings. The Morgan fingerprint density at radius 3 is 3.15 bits per heavy atom. The highest BCUT2D eigenvalue weighted by atomic mass is 35.5. The van der Waals surface area contributed by atoms with E-state index in [1.165, 1.54) is 6.33 Å². The van der Waals surface area contributed by atoms with Crippen LogP contribution < -0.4 is 10.3 Å². The lowest BCUT2D eigenvalue weighted by atomic mass is 10.4. The van der Waals surface area contributed by atoms with Gasteiger partial charge in [-0.2, -0.15) is 0 Å². The molecule has 1 heterocycles. The summed E-state index contributed by atoms with van der Waals surface area (Å²) in [7, 11) is 0. The average Bonchev–Trinajstić information content (AvgIpc) is 2.13. The molecule has 13 heavy (non-hydrogen) atoms. The third-order valence-electron chi connectivity index (χ3n) is 1.50. The molecular weight excluding hydrogens is 192 g/mol. The number of nitrogens with zero attached hydrogens (tertiary/aromatic N) is 1. The molecule has 0 amide bonds. The maximum Gasteiger partial charge on any atom is 0.273 e. The molecule has 0 saturated heterocycles. The SMILES string of the molecule is CCCCOc1nc[nH]c(=O)c1Cl. The highest BCUT2D eigenvalue weighted by Crippen LogP contribution is 2.14. The minimum absolute atomic E-state index is 0.0126. The van der Waals surface area contributed by atoms with Crippen LogP contribution in [0.4, 0.5) is 0 Å². The molecule has 1 aromatic rings. The first-order chi connectivity index (χ1) is 6.25. The Balaban J connectivity index is 2.66. The number of nitrogens with one attached hydrogen (secondary N) is 1. The number of H-pyrrole nitrogens is 1. The van der Waals surface area contributed by atoms with Gasteiger partial charge in [0.2, 0.25) is 5.88 Å². The van der Waals surface area contributed by atoms with E-state index in [9.17, 15) is 4.79 Å². The van der Waals surface area contributed by atoms with E-state index >= 15 is 0 Å². The Hall–Kier alpha value is -1.03. The first-order valence-electron chi connectivity index (χ1n) is 4.11. The fraction of sp³-hybridized carbons (Fsp3) is 0.500. The van der Waals surface area contributed by atoms with Crippen molar-refractivity contribution in [3.05, 3.63) is 21.7 Å². The van der Waals surface area contributed by atoms with Crippen molar-refractivity contribution in [2.45, 2.75) is 19.8 Å². The number of aromatic amines is 1. The fourth-order valence-corrected chi connectivity index (χ4v) is 0.938. The van der Waals surface area contributed by atoms with Gasteiger partial charge >= 0.3 is 0 Å². The first-order valence-corrected chi connectivity index (χ1v) is 4.49. The van der Waals surface area contributed by atoms with Gasteiger partial charge in [0.05, 0.1) is 12.9 Å². The van der Waals surface area contributed by atoms with Gasteiger partial charge in [-0.05, 0) is 6.42 Å². The number of halogens is 1. The van der Waals surface area contributed by atoms with Crippen molar-refractivity contribution < 1.29 is 4.74 Å². The van der Waals surface area contributed by atoms with Crippen molar-refractivity contribution in [3.63, 3.8) is 0 Å². The van der Waals surface area contributed by atoms with Crippen molar-refractivity contribution in [2.24, 2.45) is 0 Å². The maximum absolute atomic E-state index is 11.0. The molecule has 0 aromatic carbocycles. The van der Waals surface area contributed by atoms with Gasteiger partial charge in [-0.3, -0.25) is 4.79 Å². The van der Waals surface area contributed by atoms with Crippen LogP contribution in [0.3, 0.4) is 0 Å². The van der Waals surface area contributed by atoms with Crippen molar-refractivity contribution in [1.82, 2.24) is 9.97 Å². The number of rotatable bonds is 4. The summed E-state index contributed by atoms with van der Waals surface area (Å²) in [6.07, 6.45) is 3.22. The van der Waals surface area contributed by atoms with E-state index in [0.717, 1.165) is 12.8 Å². The van der Waals surface area contributed by atoms with E-state index in [-0.39, 0.29) is 16.5 Å². The van der Waals surface area contributed by atoms with Gasteiger partial charge in [-0.15, -0.1) is 0 Å². The monoisotopic (exact) mass is 202 g/mol. The van der Waals surface area contributed by atoms with Gasteiger partial charge in [0.1, 0.15) is 0 Å². The fourth-order valence-electron chi connectivity index (χ4n) is 0.780. The van der Waals surface area contributed by atoms with Crippen molar-refractivity contribution in [3.8, 4) is 5.88 Å². The van der Waals surface area contributed by atoms with Crippen molar-refractivity contribution >= 4 is 11.6 Å². The molecule has 0 atom stereocenters. The van der Waals surface area contributed by atoms with Crippen LogP contribution in [0.15, 0.2) is 11.1 Å². The average molecular weight is 203 g/mol. The summed E-state index contributed by atoms with van der Waals surface area (Å²) in [5.74, 6) is 0.207. The number of aromatic nitrogens is 2. The molecule has 0 fully saturated rings. The largest absolute Gasteiger partial charge is 0.476 e. The molecule has 0 spiro atoms. The molecule has 72 valence electrons. The molecule has 1 N–H and O–H groups in total. The summed E-state index contributed by atoms with van der Waals surface area (Å²) in [5.41, 5.74) is -0.372. The lowest BCUT2D eigenvalue weighted by Gasteiger charge is -2.03. The van der Waals surface area contributed by atoms with Gasteiger partial charge < -0.3 is 9.72 Å². The van der Waals surface area contributed by atoms with E-state index in [1.807, 2.05) is 0 Å². The standard InChI is InChI=1S/C8H11ClN2O2/c1-2-3-4-13-8-6(9)7(12)10-5-11-8/h5H,2-4H2,1H3,(H,10,11,12). The molecule has 4 nitrogen and oxygen atoms in total. The molecule has 0 radical (unpaired) electrons. The quantitative estimate of drug-likeness (QED) is 0.755. The molecule has 0 saturated carbocycles. The smallest absolute Gasteiger partial charge is 0.273 e. The molecule has 5 heteroatoms. The molecule has 1 rings (SSSR count). The van der Waals surface area contributed by atoms with Crippen molar-refractivity contribution in [1.29, 1.82) is 0 Å². The molecular formula is C8H11ClN2O2. The summed E-state index contributed by atoms with van der Waals surface area (Å²) in [6.45, 7) is 2.59. The number of hydrogen-bond acceptors (Lipinski definition) is 3. The maximum atomic E-state index is 11.0. The van der Waals surface area contributed by atoms with Crippen LogP contribution in [0, 0.1) is 0 Å². The highest BCUT2D eigenvalue weighted by Gasteiger charge is 2.05. The van der Waals surface area contributed by atoms with E-state index in [0.29, 0.717) is 6.61 Å². The molecule has 0 aliphatic heterocycles. The highest BCUT2D eigenvalue weighted by molar-refractivity contribution is 6.31. The van der Waals surface area contributed by atoms with Gasteiger partial charge in [-0.1, -0.05) is 24.9 Å². The zero-order valence-electron chi connectivity index (χ0n) is 7.34. The Labute approximate surface area is 80.9 Å². The number of hydrogen-bond donors (Lipinski definition) is 1. The van der Waals surface area contributed by atoms with Crippen molar-refractivity contribution in [2.75, 3.05) is 6.61 Å². The second kappa shape index (κ2) is 4.87. The Bertz CT molecular complexity index is 324. The molecule has 0 bridgehead atoms. The van der Waals surface area contributed by atoms with Gasteiger partial charge in [0, 0.05) is 0 Å². The van der Waals surface area contributed by atoms with Crippen LogP contribution in [0.5, 0.6) is 5.88 Å². The molecule has 1 aromatic heterocycles. The lowest BCUT2D eigenvalue weighted by molar-refractivity contribution is 0.297. The van der Waals surface area contributed by atoms with Crippen LogP contribution >= 0.6 is 11.6 Å². The summed E-state index contributed by atoms with van der Waals surface area (Å²) in [5, 5.41) is 0.0126. The van der Waals surface area contributed by atoms with Crippen LogP contribution in [-0.2, 0) is 0 Å². The number of ether oxygens (including phenoxy) is 1. The Morgan fingerprint density at radius 2 is 2.46 bits per heavy atom. The lowest BCUT2D eigenvalue weighted by Crippen LogP contribution is -2.10. The summed E-state index contributed by atoms with van der Waals surface area (Å²) < 4.78 is 5.19. The number of unbranched alkanes of at least 4 members (excludes halogenated alkanes) is 1. The van der Waals surface area contributed by atoms with Crippen LogP contribution in [0.2, 0.25) is 5.02 Å². The molecule has 0 unspecified atom stereocenters. The first kappa shape index (κ1) is 10.1. The minimum atomic E-state index is -0.372. The summed E-state index contributed by atoms with van der Waals surface area (Å²) in [4.78, 5) is 17.1. The van der Waals surface area contributed by atoms with E-state index < -0.39 is 0 Å². The van der Waals surface area contributed by atoms with Crippen LogP contribution in [-0.4, -0.2) is 16.6 Å². The third kappa shape index (κ3) is 2.73. The van der Waals surface area contributed by atoms with Crippen LogP contribution in [0.25, 0.3) is 0 Å². The minimum Gasteiger partial charge on any atom is -0.476 e. The van der Waals surface area contributed by atoms with E-state index in [2.05, 4.69) is 16.9 Å². The second-order valence-electron chi connectivity index (χ2n) is 2.55. The third-order valence-corrected chi connectivity index (χ3v) is 1.83. The predicted octanol–water partition coefficient (Wildman–Crippen LogP) is 1.60. The summed E-state index contributed by atoms with van der Waals surface area (Å²) >= 11 is 5.64. The Morgan fingerprint density at radius 1 is 1.69 bits per heavy atom. The summed E-state index contributed by atoms with van der Waals surface area (Å²) in [6, 6.07) is 0. The Kier molecular flexibility index (Phi) is 3.76. The van der Waals surface area contributed by atoms with E-state index in [4.69, 9.17) is 16.3 Å². The zero-order valence-corrected chi connectivity index (χ0v) is 8.10. The van der Waals surface area contributed by atoms with E-state index in [1.54, 1.807) is 0 Å².